The topological polar surface area (TPSA) is 0 Å². The first-order valence-electron chi connectivity index (χ1n) is 7.10. The first kappa shape index (κ1) is 12.0. The van der Waals surface area contributed by atoms with Crippen molar-refractivity contribution < 1.29 is 0 Å². The van der Waals surface area contributed by atoms with E-state index in [2.05, 4.69) is 32.9 Å². The van der Waals surface area contributed by atoms with Gasteiger partial charge in [-0.1, -0.05) is 32.9 Å². The lowest BCUT2D eigenvalue weighted by Gasteiger charge is -2.29. The normalized spacial score (nSPS) is 35.6. The molecule has 0 saturated heterocycles. The average molecular weight is 218 g/mol. The summed E-state index contributed by atoms with van der Waals surface area (Å²) in [5.41, 5.74) is 3.38. The van der Waals surface area contributed by atoms with E-state index >= 15 is 0 Å². The van der Waals surface area contributed by atoms with Gasteiger partial charge in [0.05, 0.1) is 0 Å². The molecule has 0 radical (unpaired) electrons. The molecule has 2 aliphatic rings. The van der Waals surface area contributed by atoms with Gasteiger partial charge in [0.15, 0.2) is 0 Å². The van der Waals surface area contributed by atoms with Crippen LogP contribution in [0.4, 0.5) is 0 Å². The highest BCUT2D eigenvalue weighted by molar-refractivity contribution is 5.34. The van der Waals surface area contributed by atoms with Crippen LogP contribution in [0.2, 0.25) is 0 Å². The van der Waals surface area contributed by atoms with E-state index in [-0.39, 0.29) is 0 Å². The summed E-state index contributed by atoms with van der Waals surface area (Å²) in [6.45, 7) is 7.13. The molecule has 0 aromatic carbocycles. The van der Waals surface area contributed by atoms with Gasteiger partial charge in [-0.3, -0.25) is 0 Å². The Balaban J connectivity index is 2.10. The molecule has 0 N–H and O–H groups in total. The summed E-state index contributed by atoms with van der Waals surface area (Å²) >= 11 is 0. The molecular formula is C16H26. The van der Waals surface area contributed by atoms with E-state index in [0.717, 1.165) is 17.8 Å². The van der Waals surface area contributed by atoms with Crippen LogP contribution in [0.3, 0.4) is 0 Å². The van der Waals surface area contributed by atoms with Gasteiger partial charge < -0.3 is 0 Å². The van der Waals surface area contributed by atoms with Crippen LogP contribution in [0, 0.1) is 17.8 Å². The van der Waals surface area contributed by atoms with Gasteiger partial charge in [-0.15, -0.1) is 0 Å². The van der Waals surface area contributed by atoms with Crippen molar-refractivity contribution >= 4 is 0 Å². The first-order valence-corrected chi connectivity index (χ1v) is 7.10. The molecule has 90 valence electrons. The Morgan fingerprint density at radius 1 is 1.19 bits per heavy atom. The Labute approximate surface area is 101 Å². The number of hydrogen-bond acceptors (Lipinski definition) is 0. The molecule has 0 saturated carbocycles. The van der Waals surface area contributed by atoms with Crippen molar-refractivity contribution in [3.63, 3.8) is 0 Å². The predicted molar refractivity (Wildman–Crippen MR) is 71.4 cm³/mol. The molecule has 0 heterocycles. The van der Waals surface area contributed by atoms with Gasteiger partial charge in [0.25, 0.3) is 0 Å². The molecule has 0 aliphatic heterocycles. The molecular weight excluding hydrogens is 192 g/mol. The number of hydrogen-bond donors (Lipinski definition) is 0. The lowest BCUT2D eigenvalue weighted by molar-refractivity contribution is 0.369. The summed E-state index contributed by atoms with van der Waals surface area (Å²) in [5, 5.41) is 0. The SMILES string of the molecule is CCC1C=C(C2=CCC(C)C(C)C2)CCC1. The molecule has 16 heavy (non-hydrogen) atoms. The zero-order valence-corrected chi connectivity index (χ0v) is 11.1. The third-order valence-corrected chi connectivity index (χ3v) is 4.64. The maximum absolute atomic E-state index is 2.58. The summed E-state index contributed by atoms with van der Waals surface area (Å²) in [5.74, 6) is 2.62. The second-order valence-corrected chi connectivity index (χ2v) is 5.88. The van der Waals surface area contributed by atoms with E-state index in [0.29, 0.717) is 0 Å². The summed E-state index contributed by atoms with van der Waals surface area (Å²) in [4.78, 5) is 0. The lowest BCUT2D eigenvalue weighted by atomic mass is 9.76. The third-order valence-electron chi connectivity index (χ3n) is 4.64. The highest BCUT2D eigenvalue weighted by Gasteiger charge is 2.22. The predicted octanol–water partition coefficient (Wildman–Crippen LogP) is 5.12. The Morgan fingerprint density at radius 2 is 2.00 bits per heavy atom. The molecule has 2 aliphatic carbocycles. The molecule has 3 atom stereocenters. The van der Waals surface area contributed by atoms with Gasteiger partial charge in [0.2, 0.25) is 0 Å². The highest BCUT2D eigenvalue weighted by Crippen LogP contribution is 2.37. The molecule has 0 aromatic rings. The smallest absolute Gasteiger partial charge is 0.0230 e. The van der Waals surface area contributed by atoms with Crippen LogP contribution >= 0.6 is 0 Å². The molecule has 0 aromatic heterocycles. The standard InChI is InChI=1S/C16H26/c1-4-14-6-5-7-15(11-14)16-9-8-12(2)13(3)10-16/h9,11-14H,4-8,10H2,1-3H3. The fourth-order valence-electron chi connectivity index (χ4n) is 3.05. The fraction of sp³-hybridized carbons (Fsp3) is 0.750. The zero-order valence-electron chi connectivity index (χ0n) is 11.1. The van der Waals surface area contributed by atoms with Gasteiger partial charge in [-0.05, 0) is 67.4 Å². The van der Waals surface area contributed by atoms with E-state index in [1.165, 1.54) is 38.5 Å². The molecule has 0 nitrogen and oxygen atoms in total. The van der Waals surface area contributed by atoms with Crippen molar-refractivity contribution in [2.45, 2.75) is 59.3 Å². The van der Waals surface area contributed by atoms with Crippen LogP contribution < -0.4 is 0 Å². The second kappa shape index (κ2) is 5.21. The number of allylic oxidation sites excluding steroid dienone is 4. The molecule has 0 spiro atoms. The van der Waals surface area contributed by atoms with Crippen molar-refractivity contribution in [1.29, 1.82) is 0 Å². The van der Waals surface area contributed by atoms with Crippen molar-refractivity contribution in [3.8, 4) is 0 Å². The van der Waals surface area contributed by atoms with Gasteiger partial charge >= 0.3 is 0 Å². The van der Waals surface area contributed by atoms with Crippen LogP contribution in [-0.2, 0) is 0 Å². The van der Waals surface area contributed by atoms with Gasteiger partial charge in [-0.2, -0.15) is 0 Å². The molecule has 0 bridgehead atoms. The third kappa shape index (κ3) is 2.59. The van der Waals surface area contributed by atoms with Gasteiger partial charge in [-0.25, -0.2) is 0 Å². The monoisotopic (exact) mass is 218 g/mol. The van der Waals surface area contributed by atoms with Crippen molar-refractivity contribution in [3.05, 3.63) is 23.3 Å². The van der Waals surface area contributed by atoms with Crippen LogP contribution in [0.25, 0.3) is 0 Å². The molecule has 0 fully saturated rings. The molecule has 0 amide bonds. The highest BCUT2D eigenvalue weighted by atomic mass is 14.3. The average Bonchev–Trinajstić information content (AvgIpc) is 2.33. The maximum Gasteiger partial charge on any atom is -0.0230 e. The van der Waals surface area contributed by atoms with E-state index in [9.17, 15) is 0 Å². The van der Waals surface area contributed by atoms with Gasteiger partial charge in [0.1, 0.15) is 0 Å². The minimum absolute atomic E-state index is 0.860. The molecule has 2 rings (SSSR count). The summed E-state index contributed by atoms with van der Waals surface area (Å²) < 4.78 is 0. The van der Waals surface area contributed by atoms with E-state index in [1.807, 2.05) is 0 Å². The minimum Gasteiger partial charge on any atom is -0.0808 e. The van der Waals surface area contributed by atoms with E-state index in [4.69, 9.17) is 0 Å². The van der Waals surface area contributed by atoms with Gasteiger partial charge in [0, 0.05) is 0 Å². The van der Waals surface area contributed by atoms with E-state index in [1.54, 1.807) is 11.1 Å². The lowest BCUT2D eigenvalue weighted by Crippen LogP contribution is -2.15. The Bertz CT molecular complexity index is 295. The van der Waals surface area contributed by atoms with Crippen LogP contribution in [0.5, 0.6) is 0 Å². The minimum atomic E-state index is 0.860. The quantitative estimate of drug-likeness (QED) is 0.604. The zero-order chi connectivity index (χ0) is 11.5. The summed E-state index contributed by atoms with van der Waals surface area (Å²) in [6.07, 6.45) is 13.2. The first-order chi connectivity index (χ1) is 7.70. The second-order valence-electron chi connectivity index (χ2n) is 5.88. The summed E-state index contributed by atoms with van der Waals surface area (Å²) in [7, 11) is 0. The molecule has 3 unspecified atom stereocenters. The van der Waals surface area contributed by atoms with Crippen molar-refractivity contribution in [1.82, 2.24) is 0 Å². The Morgan fingerprint density at radius 3 is 2.69 bits per heavy atom. The Hall–Kier alpha value is -0.520. The molecule has 0 heteroatoms. The fourth-order valence-corrected chi connectivity index (χ4v) is 3.05. The Kier molecular flexibility index (Phi) is 3.89. The van der Waals surface area contributed by atoms with Crippen LogP contribution in [-0.4, -0.2) is 0 Å². The van der Waals surface area contributed by atoms with E-state index < -0.39 is 0 Å². The largest absolute Gasteiger partial charge is 0.0808 e. The maximum atomic E-state index is 2.58. The van der Waals surface area contributed by atoms with Crippen molar-refractivity contribution in [2.75, 3.05) is 0 Å². The van der Waals surface area contributed by atoms with Crippen molar-refractivity contribution in [2.24, 2.45) is 17.8 Å². The van der Waals surface area contributed by atoms with Crippen LogP contribution in [0.15, 0.2) is 23.3 Å². The van der Waals surface area contributed by atoms with Crippen LogP contribution in [0.1, 0.15) is 59.3 Å². The number of rotatable bonds is 2. The summed E-state index contributed by atoms with van der Waals surface area (Å²) in [6, 6.07) is 0.